The lowest BCUT2D eigenvalue weighted by atomic mass is 9.93. The number of anilines is 1. The molecule has 0 N–H and O–H groups in total. The Bertz CT molecular complexity index is 1220. The molecule has 0 spiro atoms. The smallest absolute Gasteiger partial charge is 0.281 e. The van der Waals surface area contributed by atoms with Crippen LogP contribution in [-0.2, 0) is 0 Å². The zero-order valence-corrected chi connectivity index (χ0v) is 15.7. The molecule has 4 amide bonds. The van der Waals surface area contributed by atoms with Gasteiger partial charge in [0.05, 0.1) is 22.3 Å². The van der Waals surface area contributed by atoms with Crippen LogP contribution in [0, 0.1) is 0 Å². The van der Waals surface area contributed by atoms with Gasteiger partial charge in [-0.1, -0.05) is 24.3 Å². The van der Waals surface area contributed by atoms with Crippen molar-refractivity contribution in [1.82, 2.24) is 10.0 Å². The van der Waals surface area contributed by atoms with E-state index >= 15 is 0 Å². The molecule has 142 valence electrons. The normalized spacial score (nSPS) is 15.4. The number of carbonyl (C=O) groups excluding carboxylic acids is 4. The molecule has 3 aromatic rings. The van der Waals surface area contributed by atoms with Crippen molar-refractivity contribution in [2.24, 2.45) is 0 Å². The number of nitrogens with zero attached hydrogens (tertiary/aromatic N) is 3. The van der Waals surface area contributed by atoms with Gasteiger partial charge in [0, 0.05) is 30.6 Å². The summed E-state index contributed by atoms with van der Waals surface area (Å²) in [5, 5.41) is 2.60. The van der Waals surface area contributed by atoms with Gasteiger partial charge in [0.25, 0.3) is 23.6 Å². The zero-order chi connectivity index (χ0) is 20.4. The summed E-state index contributed by atoms with van der Waals surface area (Å²) in [6.07, 6.45) is 0. The van der Waals surface area contributed by atoms with Crippen LogP contribution in [-0.4, -0.2) is 47.7 Å². The van der Waals surface area contributed by atoms with Crippen LogP contribution in [0.3, 0.4) is 0 Å². The molecule has 0 aliphatic carbocycles. The molecule has 5 rings (SSSR count). The maximum Gasteiger partial charge on any atom is 0.281 e. The molecule has 2 aliphatic rings. The van der Waals surface area contributed by atoms with Crippen molar-refractivity contribution in [3.63, 3.8) is 0 Å². The van der Waals surface area contributed by atoms with Crippen LogP contribution in [0.15, 0.2) is 54.6 Å². The van der Waals surface area contributed by atoms with Gasteiger partial charge in [-0.3, -0.25) is 19.2 Å². The highest BCUT2D eigenvalue weighted by atomic mass is 16.2. The quantitative estimate of drug-likeness (QED) is 0.634. The Morgan fingerprint density at radius 2 is 1.07 bits per heavy atom. The number of benzene rings is 3. The van der Waals surface area contributed by atoms with Crippen molar-refractivity contribution in [1.29, 1.82) is 0 Å². The summed E-state index contributed by atoms with van der Waals surface area (Å²) < 4.78 is 0. The summed E-state index contributed by atoms with van der Waals surface area (Å²) in [6, 6.07) is 14.9. The van der Waals surface area contributed by atoms with Gasteiger partial charge in [-0.05, 0) is 30.3 Å². The number of amides is 4. The van der Waals surface area contributed by atoms with Gasteiger partial charge in [0.15, 0.2) is 0 Å². The molecule has 0 saturated carbocycles. The highest BCUT2D eigenvalue weighted by Crippen LogP contribution is 2.37. The van der Waals surface area contributed by atoms with E-state index in [1.165, 1.54) is 12.1 Å². The van der Waals surface area contributed by atoms with Gasteiger partial charge in [-0.2, -0.15) is 10.0 Å². The van der Waals surface area contributed by atoms with Gasteiger partial charge >= 0.3 is 0 Å². The van der Waals surface area contributed by atoms with Crippen molar-refractivity contribution in [3.05, 3.63) is 76.9 Å². The summed E-state index contributed by atoms with van der Waals surface area (Å²) in [7, 11) is 3.75. The van der Waals surface area contributed by atoms with E-state index in [0.717, 1.165) is 11.1 Å². The predicted octanol–water partition coefficient (Wildman–Crippen LogP) is 2.71. The average molecular weight is 385 g/mol. The topological polar surface area (TPSA) is 78.0 Å². The number of hydrogen-bond acceptors (Lipinski definition) is 5. The van der Waals surface area contributed by atoms with Gasteiger partial charge in [0.2, 0.25) is 0 Å². The molecule has 2 aliphatic heterocycles. The molecule has 0 aromatic heterocycles. The monoisotopic (exact) mass is 385 g/mol. The third-order valence-electron chi connectivity index (χ3n) is 5.32. The third-order valence-corrected chi connectivity index (χ3v) is 5.32. The molecule has 3 aromatic carbocycles. The van der Waals surface area contributed by atoms with E-state index in [2.05, 4.69) is 0 Å². The standard InChI is InChI=1S/C22H15N3O4/c1-23(2)17-11-10-16-18-14(17)8-5-9-15(18)21(28)25(22(16)29)24-19(26)12-6-3-4-7-13(12)20(24)27/h3-11H,1-2H3. The minimum atomic E-state index is -0.696. The Hall–Kier alpha value is -4.00. The van der Waals surface area contributed by atoms with E-state index in [9.17, 15) is 19.2 Å². The Labute approximate surface area is 165 Å². The molecule has 2 heterocycles. The fraction of sp³-hybridized carbons (Fsp3) is 0.0909. The molecular formula is C22H15N3O4. The molecule has 0 unspecified atom stereocenters. The second-order valence-electron chi connectivity index (χ2n) is 7.14. The van der Waals surface area contributed by atoms with Crippen molar-refractivity contribution >= 4 is 40.1 Å². The molecule has 0 atom stereocenters. The van der Waals surface area contributed by atoms with Crippen LogP contribution in [0.25, 0.3) is 10.8 Å². The van der Waals surface area contributed by atoms with Gasteiger partial charge in [-0.15, -0.1) is 0 Å². The highest BCUT2D eigenvalue weighted by molar-refractivity contribution is 6.30. The van der Waals surface area contributed by atoms with Crippen LogP contribution in [0.1, 0.15) is 41.4 Å². The molecule has 0 bridgehead atoms. The lowest BCUT2D eigenvalue weighted by Gasteiger charge is -2.32. The average Bonchev–Trinajstić information content (AvgIpc) is 2.97. The maximum absolute atomic E-state index is 13.3. The third kappa shape index (κ3) is 2.12. The largest absolute Gasteiger partial charge is 0.377 e. The number of hydrogen-bond donors (Lipinski definition) is 0. The van der Waals surface area contributed by atoms with E-state index in [-0.39, 0.29) is 22.3 Å². The highest BCUT2D eigenvalue weighted by Gasteiger charge is 2.47. The lowest BCUT2D eigenvalue weighted by Crippen LogP contribution is -2.54. The minimum Gasteiger partial charge on any atom is -0.377 e. The molecule has 7 nitrogen and oxygen atoms in total. The molecule has 7 heteroatoms. The van der Waals surface area contributed by atoms with E-state index in [1.54, 1.807) is 36.4 Å². The van der Waals surface area contributed by atoms with Crippen molar-refractivity contribution in [2.75, 3.05) is 19.0 Å². The molecule has 0 radical (unpaired) electrons. The first kappa shape index (κ1) is 17.1. The first-order valence-corrected chi connectivity index (χ1v) is 9.01. The van der Waals surface area contributed by atoms with Gasteiger partial charge in [-0.25, -0.2) is 0 Å². The fourth-order valence-corrected chi connectivity index (χ4v) is 4.00. The molecule has 29 heavy (non-hydrogen) atoms. The summed E-state index contributed by atoms with van der Waals surface area (Å²) in [4.78, 5) is 54.1. The molecule has 0 saturated heterocycles. The maximum atomic E-state index is 13.3. The van der Waals surface area contributed by atoms with Crippen molar-refractivity contribution in [3.8, 4) is 0 Å². The van der Waals surface area contributed by atoms with Crippen molar-refractivity contribution in [2.45, 2.75) is 0 Å². The van der Waals surface area contributed by atoms with Gasteiger partial charge in [0.1, 0.15) is 0 Å². The minimum absolute atomic E-state index is 0.171. The van der Waals surface area contributed by atoms with Gasteiger partial charge < -0.3 is 4.90 Å². The number of carbonyl (C=O) groups is 4. The first-order valence-electron chi connectivity index (χ1n) is 9.01. The first-order chi connectivity index (χ1) is 13.9. The zero-order valence-electron chi connectivity index (χ0n) is 15.7. The molecule has 0 fully saturated rings. The van der Waals surface area contributed by atoms with Crippen LogP contribution >= 0.6 is 0 Å². The second kappa shape index (κ2) is 5.75. The van der Waals surface area contributed by atoms with E-state index in [1.807, 2.05) is 25.1 Å². The second-order valence-corrected chi connectivity index (χ2v) is 7.14. The van der Waals surface area contributed by atoms with Crippen LogP contribution in [0.2, 0.25) is 0 Å². The van der Waals surface area contributed by atoms with Crippen LogP contribution in [0.5, 0.6) is 0 Å². The van der Waals surface area contributed by atoms with E-state index in [4.69, 9.17) is 0 Å². The van der Waals surface area contributed by atoms with E-state index in [0.29, 0.717) is 15.4 Å². The van der Waals surface area contributed by atoms with Crippen LogP contribution in [0.4, 0.5) is 5.69 Å². The van der Waals surface area contributed by atoms with Crippen molar-refractivity contribution < 1.29 is 19.2 Å². The SMILES string of the molecule is CN(C)c1ccc2c3c(cccc13)C(=O)N(N1C(=O)c3ccccc3C1=O)C2=O. The fourth-order valence-electron chi connectivity index (χ4n) is 4.00. The number of fused-ring (bicyclic) bond motifs is 1. The summed E-state index contributed by atoms with van der Waals surface area (Å²) >= 11 is 0. The lowest BCUT2D eigenvalue weighted by molar-refractivity contribution is 0.00523. The summed E-state index contributed by atoms with van der Waals surface area (Å²) in [5.41, 5.74) is 1.75. The Morgan fingerprint density at radius 1 is 0.586 bits per heavy atom. The molecular weight excluding hydrogens is 370 g/mol. The summed E-state index contributed by atoms with van der Waals surface area (Å²) in [6.45, 7) is 0. The predicted molar refractivity (Wildman–Crippen MR) is 106 cm³/mol. The Morgan fingerprint density at radius 3 is 1.62 bits per heavy atom. The Kier molecular flexibility index (Phi) is 3.39. The number of rotatable bonds is 2. The Balaban J connectivity index is 1.70. The van der Waals surface area contributed by atoms with Crippen LogP contribution < -0.4 is 4.90 Å². The van der Waals surface area contributed by atoms with E-state index < -0.39 is 23.6 Å². The number of imide groups is 2. The number of hydrazine groups is 1. The summed E-state index contributed by atoms with van der Waals surface area (Å²) in [5.74, 6) is -2.77.